The summed E-state index contributed by atoms with van der Waals surface area (Å²) in [5, 5.41) is 6.34. The van der Waals surface area contributed by atoms with Crippen LogP contribution in [0.3, 0.4) is 0 Å². The SMILES string of the molecule is CCCCSC1=C(SCCCC)SC(=C2Sc3c(OC(C)=O)n[nH]c(=O)c3S2)S1. The summed E-state index contributed by atoms with van der Waals surface area (Å²) in [5.74, 6) is 1.98. The zero-order valence-electron chi connectivity index (χ0n) is 16.4. The molecule has 0 unspecified atom stereocenters. The quantitative estimate of drug-likeness (QED) is 0.289. The van der Waals surface area contributed by atoms with E-state index in [4.69, 9.17) is 4.74 Å². The second-order valence-corrected chi connectivity index (χ2v) is 13.4. The number of esters is 1. The summed E-state index contributed by atoms with van der Waals surface area (Å²) in [5.41, 5.74) is -0.250. The first kappa shape index (κ1) is 23.6. The number of H-pyrrole nitrogens is 1. The number of hydrogen-bond donors (Lipinski definition) is 1. The fourth-order valence-electron chi connectivity index (χ4n) is 2.23. The van der Waals surface area contributed by atoms with Crippen LogP contribution in [0.4, 0.5) is 0 Å². The maximum atomic E-state index is 12.2. The number of aromatic amines is 1. The van der Waals surface area contributed by atoms with Crippen molar-refractivity contribution in [3.63, 3.8) is 0 Å². The van der Waals surface area contributed by atoms with E-state index in [1.54, 1.807) is 23.5 Å². The lowest BCUT2D eigenvalue weighted by atomic mass is 10.4. The molecule has 1 N–H and O–H groups in total. The molecule has 0 bridgehead atoms. The molecule has 0 fully saturated rings. The Kier molecular flexibility index (Phi) is 9.37. The van der Waals surface area contributed by atoms with Crippen LogP contribution in [-0.2, 0) is 4.79 Å². The van der Waals surface area contributed by atoms with Crippen molar-refractivity contribution in [1.82, 2.24) is 10.2 Å². The highest BCUT2D eigenvalue weighted by Gasteiger charge is 2.33. The van der Waals surface area contributed by atoms with Crippen LogP contribution in [0.1, 0.15) is 46.5 Å². The summed E-state index contributed by atoms with van der Waals surface area (Å²) in [7, 11) is 0. The lowest BCUT2D eigenvalue weighted by molar-refractivity contribution is -0.132. The Labute approximate surface area is 196 Å². The molecule has 0 spiro atoms. The van der Waals surface area contributed by atoms with Gasteiger partial charge in [-0.15, -0.1) is 28.6 Å². The van der Waals surface area contributed by atoms with Gasteiger partial charge in [0.25, 0.3) is 11.4 Å². The normalized spacial score (nSPS) is 16.0. The van der Waals surface area contributed by atoms with Crippen LogP contribution in [0.15, 0.2) is 31.5 Å². The summed E-state index contributed by atoms with van der Waals surface area (Å²) in [6, 6.07) is 0. The molecule has 1 aromatic rings. The van der Waals surface area contributed by atoms with Gasteiger partial charge in [0.05, 0.1) is 26.7 Å². The number of hydrogen-bond acceptors (Lipinski definition) is 10. The van der Waals surface area contributed by atoms with Crippen molar-refractivity contribution in [2.45, 2.75) is 56.2 Å². The average molecular weight is 507 g/mol. The Morgan fingerprint density at radius 1 is 0.966 bits per heavy atom. The molecule has 0 radical (unpaired) electrons. The van der Waals surface area contributed by atoms with Gasteiger partial charge < -0.3 is 4.74 Å². The molecule has 2 aliphatic heterocycles. The number of rotatable bonds is 9. The number of nitrogens with zero attached hydrogens (tertiary/aromatic N) is 1. The van der Waals surface area contributed by atoms with E-state index in [1.165, 1.54) is 68.8 Å². The third-order valence-corrected chi connectivity index (χ3v) is 12.5. The van der Waals surface area contributed by atoms with E-state index in [2.05, 4.69) is 24.0 Å². The van der Waals surface area contributed by atoms with E-state index in [0.717, 1.165) is 15.7 Å². The smallest absolute Gasteiger partial charge is 0.309 e. The van der Waals surface area contributed by atoms with E-state index in [-0.39, 0.29) is 11.4 Å². The van der Waals surface area contributed by atoms with Gasteiger partial charge in [0.15, 0.2) is 0 Å². The molecule has 158 valence electrons. The number of fused-ring (bicyclic) bond motifs is 1. The molecule has 2 aliphatic rings. The maximum absolute atomic E-state index is 12.2. The van der Waals surface area contributed by atoms with Gasteiger partial charge in [-0.1, -0.05) is 73.7 Å². The minimum atomic E-state index is -0.450. The van der Waals surface area contributed by atoms with Gasteiger partial charge in [0.2, 0.25) is 0 Å². The van der Waals surface area contributed by atoms with Gasteiger partial charge in [0.1, 0.15) is 0 Å². The molecule has 3 heterocycles. The van der Waals surface area contributed by atoms with Gasteiger partial charge in [-0.3, -0.25) is 9.59 Å². The zero-order chi connectivity index (χ0) is 20.8. The highest BCUT2D eigenvalue weighted by atomic mass is 32.3. The van der Waals surface area contributed by atoms with E-state index < -0.39 is 5.97 Å². The summed E-state index contributed by atoms with van der Waals surface area (Å²) >= 11 is 10.4. The third kappa shape index (κ3) is 6.22. The molecule has 0 aromatic carbocycles. The average Bonchev–Trinajstić information content (AvgIpc) is 3.30. The molecule has 0 saturated heterocycles. The number of carbonyl (C=O) groups excluding carboxylic acids is 1. The van der Waals surface area contributed by atoms with Crippen molar-refractivity contribution in [2.75, 3.05) is 11.5 Å². The summed E-state index contributed by atoms with van der Waals surface area (Å²) < 4.78 is 10.2. The lowest BCUT2D eigenvalue weighted by Crippen LogP contribution is -2.13. The van der Waals surface area contributed by atoms with Crippen molar-refractivity contribution in [2.24, 2.45) is 0 Å². The summed E-state index contributed by atoms with van der Waals surface area (Å²) in [4.78, 5) is 24.8. The van der Waals surface area contributed by atoms with Crippen molar-refractivity contribution in [3.05, 3.63) is 27.3 Å². The standard InChI is InChI=1S/C18H22N2O3S6/c1-4-6-8-24-15-16(25-9-7-5-2)29-18(28-15)17-26-11-12(27-17)14(23-10(3)21)20-19-13(11)22/h4-9H2,1-3H3,(H,19,22). The largest absolute Gasteiger partial charge is 0.405 e. The van der Waals surface area contributed by atoms with Crippen LogP contribution >= 0.6 is 70.6 Å². The molecule has 0 atom stereocenters. The topological polar surface area (TPSA) is 72.0 Å². The number of unbranched alkanes of at least 4 members (excludes halogenated alkanes) is 2. The zero-order valence-corrected chi connectivity index (χ0v) is 21.3. The van der Waals surface area contributed by atoms with E-state index in [0.29, 0.717) is 9.79 Å². The molecule has 0 amide bonds. The summed E-state index contributed by atoms with van der Waals surface area (Å²) in [6.07, 6.45) is 4.81. The van der Waals surface area contributed by atoms with Crippen LogP contribution < -0.4 is 10.3 Å². The Morgan fingerprint density at radius 2 is 1.52 bits per heavy atom. The van der Waals surface area contributed by atoms with Crippen LogP contribution in [-0.4, -0.2) is 27.7 Å². The van der Waals surface area contributed by atoms with Crippen LogP contribution in [0.5, 0.6) is 5.88 Å². The van der Waals surface area contributed by atoms with E-state index >= 15 is 0 Å². The van der Waals surface area contributed by atoms with Crippen molar-refractivity contribution in [3.8, 4) is 5.88 Å². The monoisotopic (exact) mass is 506 g/mol. The van der Waals surface area contributed by atoms with Crippen molar-refractivity contribution in [1.29, 1.82) is 0 Å². The molecule has 29 heavy (non-hydrogen) atoms. The molecule has 3 rings (SSSR count). The first-order valence-electron chi connectivity index (χ1n) is 9.30. The van der Waals surface area contributed by atoms with Gasteiger partial charge in [-0.2, -0.15) is 0 Å². The molecule has 0 aliphatic carbocycles. The van der Waals surface area contributed by atoms with Crippen molar-refractivity contribution >= 4 is 76.5 Å². The minimum Gasteiger partial charge on any atom is -0.405 e. The predicted octanol–water partition coefficient (Wildman–Crippen LogP) is 6.69. The number of carbonyl (C=O) groups is 1. The van der Waals surface area contributed by atoms with E-state index in [9.17, 15) is 9.59 Å². The number of aromatic nitrogens is 2. The van der Waals surface area contributed by atoms with Gasteiger partial charge in [-0.05, 0) is 24.3 Å². The third-order valence-electron chi connectivity index (χ3n) is 3.66. The van der Waals surface area contributed by atoms with Gasteiger partial charge >= 0.3 is 5.97 Å². The lowest BCUT2D eigenvalue weighted by Gasteiger charge is -2.03. The highest BCUT2D eigenvalue weighted by molar-refractivity contribution is 8.42. The van der Waals surface area contributed by atoms with Gasteiger partial charge in [0, 0.05) is 6.92 Å². The minimum absolute atomic E-state index is 0.177. The second kappa shape index (κ2) is 11.5. The Morgan fingerprint density at radius 3 is 2.07 bits per heavy atom. The molecule has 11 heteroatoms. The molecular formula is C18H22N2O3S6. The van der Waals surface area contributed by atoms with Gasteiger partial charge in [-0.25, -0.2) is 5.10 Å². The van der Waals surface area contributed by atoms with Crippen LogP contribution in [0.25, 0.3) is 0 Å². The molecule has 5 nitrogen and oxygen atoms in total. The maximum Gasteiger partial charge on any atom is 0.309 e. The second-order valence-electron chi connectivity index (χ2n) is 6.07. The molecule has 0 saturated carbocycles. The predicted molar refractivity (Wildman–Crippen MR) is 132 cm³/mol. The first-order valence-corrected chi connectivity index (χ1v) is 14.5. The molecule has 1 aromatic heterocycles. The fraction of sp³-hybridized carbons (Fsp3) is 0.500. The number of thioether (sulfide) groups is 6. The Hall–Kier alpha value is -0.0700. The number of nitrogens with one attached hydrogen (secondary N) is 1. The fourth-order valence-corrected chi connectivity index (χ4v) is 11.2. The van der Waals surface area contributed by atoms with Crippen LogP contribution in [0.2, 0.25) is 0 Å². The Bertz CT molecular complexity index is 872. The summed E-state index contributed by atoms with van der Waals surface area (Å²) in [6.45, 7) is 5.76. The molecular weight excluding hydrogens is 485 g/mol. The Balaban J connectivity index is 1.80. The number of ether oxygens (including phenoxy) is 1. The van der Waals surface area contributed by atoms with Crippen molar-refractivity contribution < 1.29 is 9.53 Å². The van der Waals surface area contributed by atoms with Crippen LogP contribution in [0, 0.1) is 0 Å². The first-order chi connectivity index (χ1) is 14.0. The highest BCUT2D eigenvalue weighted by Crippen LogP contribution is 2.64. The van der Waals surface area contributed by atoms with E-state index in [1.807, 2.05) is 23.5 Å².